The highest BCUT2D eigenvalue weighted by atomic mass is 16.3. The molecular weight excluding hydrogens is 366 g/mol. The lowest BCUT2D eigenvalue weighted by atomic mass is 9.98. The van der Waals surface area contributed by atoms with Crippen LogP contribution < -0.4 is 15.5 Å². The number of fused-ring (bicyclic) bond motifs is 2. The van der Waals surface area contributed by atoms with Crippen LogP contribution in [-0.4, -0.2) is 53.4 Å². The Kier molecular flexibility index (Phi) is 5.49. The molecule has 1 aromatic carbocycles. The van der Waals surface area contributed by atoms with Gasteiger partial charge in [-0.15, -0.1) is 10.2 Å². The Balaban J connectivity index is 1.47. The molecule has 0 aliphatic carbocycles. The van der Waals surface area contributed by atoms with Gasteiger partial charge in [0.1, 0.15) is 5.75 Å². The van der Waals surface area contributed by atoms with Crippen LogP contribution in [0.15, 0.2) is 36.4 Å². The number of carbonyl (C=O) groups is 1. The second-order valence-electron chi connectivity index (χ2n) is 7.87. The van der Waals surface area contributed by atoms with E-state index in [0.29, 0.717) is 29.4 Å². The van der Waals surface area contributed by atoms with Crippen molar-refractivity contribution in [2.45, 2.75) is 43.8 Å². The first-order valence-corrected chi connectivity index (χ1v) is 10.1. The molecule has 1 aromatic heterocycles. The number of likely N-dealkylation sites (N-methyl/N-ethyl adjacent to an activating group) is 1. The minimum absolute atomic E-state index is 0.106. The molecule has 3 heterocycles. The molecule has 2 aliphatic rings. The zero-order valence-corrected chi connectivity index (χ0v) is 16.8. The Bertz CT molecular complexity index is 900. The predicted octanol–water partition coefficient (Wildman–Crippen LogP) is 2.33. The van der Waals surface area contributed by atoms with Crippen LogP contribution in [0.3, 0.4) is 0 Å². The standard InChI is InChI=1S/C22H27N5O2/c1-23-22(29)10-4-14-3-7-18(20(28)11-14)19-8-9-21(26-25-19)27(2)17-12-15-5-6-16(13-17)24-15/h3-4,7-11,15-17,24,28H,5-6,12-13H2,1-2H3,(H,23,29)/b10-4+/t15-,16+,17-. The molecule has 2 bridgehead atoms. The molecule has 2 aliphatic heterocycles. The molecular formula is C22H27N5O2. The van der Waals surface area contributed by atoms with E-state index in [0.717, 1.165) is 24.2 Å². The highest BCUT2D eigenvalue weighted by Gasteiger charge is 2.35. The van der Waals surface area contributed by atoms with E-state index in [4.69, 9.17) is 0 Å². The van der Waals surface area contributed by atoms with Crippen LogP contribution in [-0.2, 0) is 4.79 Å². The van der Waals surface area contributed by atoms with Crippen molar-refractivity contribution in [3.63, 3.8) is 0 Å². The number of amides is 1. The average molecular weight is 393 g/mol. The van der Waals surface area contributed by atoms with Gasteiger partial charge in [-0.2, -0.15) is 0 Å². The van der Waals surface area contributed by atoms with Gasteiger partial charge in [0, 0.05) is 43.9 Å². The fourth-order valence-corrected chi connectivity index (χ4v) is 4.31. The Morgan fingerprint density at radius 3 is 2.59 bits per heavy atom. The van der Waals surface area contributed by atoms with E-state index in [1.54, 1.807) is 25.3 Å². The molecule has 7 heteroatoms. The summed E-state index contributed by atoms with van der Waals surface area (Å²) in [6.07, 6.45) is 7.90. The number of phenols is 1. The Hall–Kier alpha value is -2.93. The first-order valence-electron chi connectivity index (χ1n) is 10.1. The highest BCUT2D eigenvalue weighted by molar-refractivity contribution is 5.91. The number of hydrogen-bond donors (Lipinski definition) is 3. The fraction of sp³-hybridized carbons (Fsp3) is 0.409. The van der Waals surface area contributed by atoms with E-state index in [-0.39, 0.29) is 11.7 Å². The monoisotopic (exact) mass is 393 g/mol. The van der Waals surface area contributed by atoms with E-state index < -0.39 is 0 Å². The van der Waals surface area contributed by atoms with Gasteiger partial charge >= 0.3 is 0 Å². The number of rotatable bonds is 5. The van der Waals surface area contributed by atoms with Crippen molar-refractivity contribution >= 4 is 17.8 Å². The number of aromatic nitrogens is 2. The third kappa shape index (κ3) is 4.24. The maximum Gasteiger partial charge on any atom is 0.243 e. The van der Waals surface area contributed by atoms with Gasteiger partial charge in [-0.25, -0.2) is 0 Å². The van der Waals surface area contributed by atoms with Crippen molar-refractivity contribution in [2.75, 3.05) is 19.0 Å². The molecule has 29 heavy (non-hydrogen) atoms. The highest BCUT2D eigenvalue weighted by Crippen LogP contribution is 2.32. The van der Waals surface area contributed by atoms with Gasteiger partial charge in [-0.3, -0.25) is 4.79 Å². The van der Waals surface area contributed by atoms with Gasteiger partial charge in [-0.1, -0.05) is 6.07 Å². The van der Waals surface area contributed by atoms with Gasteiger partial charge in [0.15, 0.2) is 5.82 Å². The molecule has 3 atom stereocenters. The molecule has 0 unspecified atom stereocenters. The molecule has 3 N–H and O–H groups in total. The number of hydrogen-bond acceptors (Lipinski definition) is 6. The lowest BCUT2D eigenvalue weighted by Gasteiger charge is -2.36. The van der Waals surface area contributed by atoms with Gasteiger partial charge < -0.3 is 20.6 Å². The minimum atomic E-state index is -0.194. The van der Waals surface area contributed by atoms with Gasteiger partial charge in [0.25, 0.3) is 0 Å². The molecule has 0 radical (unpaired) electrons. The Morgan fingerprint density at radius 1 is 1.21 bits per heavy atom. The van der Waals surface area contributed by atoms with Crippen LogP contribution in [0.25, 0.3) is 17.3 Å². The van der Waals surface area contributed by atoms with E-state index in [9.17, 15) is 9.90 Å². The third-order valence-electron chi connectivity index (χ3n) is 5.98. The second kappa shape index (κ2) is 8.21. The number of anilines is 1. The molecule has 0 spiro atoms. The lowest BCUT2D eigenvalue weighted by Crippen LogP contribution is -2.47. The number of piperidine rings is 1. The number of nitrogens with one attached hydrogen (secondary N) is 2. The number of phenolic OH excluding ortho intramolecular Hbond substituents is 1. The maximum absolute atomic E-state index is 11.3. The SMILES string of the molecule is CNC(=O)/C=C/c1ccc(-c2ccc(N(C)[C@@H]3C[C@H]4CC[C@@H](C3)N4)nn2)c(O)c1. The first kappa shape index (κ1) is 19.4. The number of carbonyl (C=O) groups excluding carboxylic acids is 1. The van der Waals surface area contributed by atoms with Crippen molar-refractivity contribution in [3.05, 3.63) is 42.0 Å². The number of nitrogens with zero attached hydrogens (tertiary/aromatic N) is 3. The van der Waals surface area contributed by atoms with E-state index in [1.165, 1.54) is 18.9 Å². The summed E-state index contributed by atoms with van der Waals surface area (Å²) < 4.78 is 0. The number of aromatic hydroxyl groups is 1. The van der Waals surface area contributed by atoms with Gasteiger partial charge in [-0.05, 0) is 61.6 Å². The topological polar surface area (TPSA) is 90.4 Å². The average Bonchev–Trinajstić information content (AvgIpc) is 3.09. The van der Waals surface area contributed by atoms with Crippen LogP contribution in [0.2, 0.25) is 0 Å². The molecule has 2 saturated heterocycles. The minimum Gasteiger partial charge on any atom is -0.507 e. The summed E-state index contributed by atoms with van der Waals surface area (Å²) in [5.41, 5.74) is 1.97. The fourth-order valence-electron chi connectivity index (χ4n) is 4.31. The normalized spacial score (nSPS) is 23.3. The molecule has 0 saturated carbocycles. The molecule has 152 valence electrons. The summed E-state index contributed by atoms with van der Waals surface area (Å²) in [5.74, 6) is 0.764. The van der Waals surface area contributed by atoms with E-state index in [2.05, 4.69) is 32.8 Å². The summed E-state index contributed by atoms with van der Waals surface area (Å²) in [6.45, 7) is 0. The quantitative estimate of drug-likeness (QED) is 0.676. The summed E-state index contributed by atoms with van der Waals surface area (Å²) in [6, 6.07) is 10.8. The maximum atomic E-state index is 11.3. The van der Waals surface area contributed by atoms with E-state index >= 15 is 0 Å². The summed E-state index contributed by atoms with van der Waals surface area (Å²) >= 11 is 0. The molecule has 4 rings (SSSR count). The largest absolute Gasteiger partial charge is 0.507 e. The van der Waals surface area contributed by atoms with Gasteiger partial charge in [0.2, 0.25) is 5.91 Å². The molecule has 1 amide bonds. The van der Waals surface area contributed by atoms with Crippen molar-refractivity contribution < 1.29 is 9.90 Å². The summed E-state index contributed by atoms with van der Waals surface area (Å²) in [5, 5.41) is 25.3. The van der Waals surface area contributed by atoms with Crippen LogP contribution in [0.4, 0.5) is 5.82 Å². The smallest absolute Gasteiger partial charge is 0.243 e. The zero-order chi connectivity index (χ0) is 20.4. The van der Waals surface area contributed by atoms with Crippen molar-refractivity contribution in [3.8, 4) is 17.0 Å². The van der Waals surface area contributed by atoms with Crippen molar-refractivity contribution in [1.29, 1.82) is 0 Å². The molecule has 7 nitrogen and oxygen atoms in total. The second-order valence-corrected chi connectivity index (χ2v) is 7.87. The zero-order valence-electron chi connectivity index (χ0n) is 16.8. The molecule has 2 aromatic rings. The summed E-state index contributed by atoms with van der Waals surface area (Å²) in [4.78, 5) is 13.5. The van der Waals surface area contributed by atoms with Gasteiger partial charge in [0.05, 0.1) is 5.69 Å². The van der Waals surface area contributed by atoms with Crippen LogP contribution in [0, 0.1) is 0 Å². The van der Waals surface area contributed by atoms with Crippen LogP contribution >= 0.6 is 0 Å². The summed E-state index contributed by atoms with van der Waals surface area (Å²) in [7, 11) is 3.66. The lowest BCUT2D eigenvalue weighted by molar-refractivity contribution is -0.115. The van der Waals surface area contributed by atoms with Crippen LogP contribution in [0.5, 0.6) is 5.75 Å². The predicted molar refractivity (Wildman–Crippen MR) is 114 cm³/mol. The van der Waals surface area contributed by atoms with Crippen molar-refractivity contribution in [2.24, 2.45) is 0 Å². The number of benzene rings is 1. The van der Waals surface area contributed by atoms with E-state index in [1.807, 2.05) is 18.2 Å². The third-order valence-corrected chi connectivity index (χ3v) is 5.98. The molecule has 2 fully saturated rings. The Labute approximate surface area is 170 Å². The first-order chi connectivity index (χ1) is 14.0. The van der Waals surface area contributed by atoms with Crippen LogP contribution in [0.1, 0.15) is 31.2 Å². The Morgan fingerprint density at radius 2 is 1.97 bits per heavy atom. The van der Waals surface area contributed by atoms with Crippen molar-refractivity contribution in [1.82, 2.24) is 20.8 Å².